The van der Waals surface area contributed by atoms with Crippen LogP contribution in [0.25, 0.3) is 0 Å². The fraction of sp³-hybridized carbons (Fsp3) is 0.316. The van der Waals surface area contributed by atoms with Gasteiger partial charge in [-0.15, -0.1) is 0 Å². The number of fused-ring (bicyclic) bond motifs is 1. The monoisotopic (exact) mass is 396 g/mol. The first kappa shape index (κ1) is 21.1. The van der Waals surface area contributed by atoms with Crippen molar-refractivity contribution in [1.29, 1.82) is 5.26 Å². The molecule has 0 aromatic heterocycles. The van der Waals surface area contributed by atoms with Gasteiger partial charge in [-0.3, -0.25) is 0 Å². The van der Waals surface area contributed by atoms with Gasteiger partial charge >= 0.3 is 0 Å². The van der Waals surface area contributed by atoms with Gasteiger partial charge < -0.3 is 15.0 Å². The number of nitrogens with zero attached hydrogens (tertiary/aromatic N) is 1. The van der Waals surface area contributed by atoms with Crippen LogP contribution in [0.1, 0.15) is 30.5 Å². The van der Waals surface area contributed by atoms with Crippen molar-refractivity contribution < 1.29 is 22.5 Å². The van der Waals surface area contributed by atoms with Gasteiger partial charge in [-0.1, -0.05) is 12.7 Å². The van der Waals surface area contributed by atoms with Crippen LogP contribution in [0.4, 0.5) is 13.2 Å². The van der Waals surface area contributed by atoms with Crippen LogP contribution in [-0.2, 0) is 17.6 Å². The van der Waals surface area contributed by atoms with Crippen LogP contribution < -0.4 is 10.5 Å². The molecule has 0 bridgehead atoms. The van der Waals surface area contributed by atoms with Crippen molar-refractivity contribution in [2.45, 2.75) is 36.6 Å². The van der Waals surface area contributed by atoms with E-state index < -0.39 is 35.4 Å². The molecule has 2 rings (SSSR count). The third-order valence-electron chi connectivity index (χ3n) is 4.06. The van der Waals surface area contributed by atoms with Crippen molar-refractivity contribution in [3.05, 3.63) is 59.1 Å². The Morgan fingerprint density at radius 2 is 2.22 bits per heavy atom. The number of nitriles is 1. The summed E-state index contributed by atoms with van der Waals surface area (Å²) in [6.45, 7) is 4.65. The Kier molecular flexibility index (Phi) is 6.42. The third-order valence-corrected chi connectivity index (χ3v) is 5.04. The van der Waals surface area contributed by atoms with Gasteiger partial charge in [0.25, 0.3) is 5.92 Å². The molecule has 8 heteroatoms. The van der Waals surface area contributed by atoms with Crippen LogP contribution >= 0.6 is 0 Å². The third kappa shape index (κ3) is 4.75. The Balaban J connectivity index is 2.39. The summed E-state index contributed by atoms with van der Waals surface area (Å²) in [4.78, 5) is 0.253. The summed E-state index contributed by atoms with van der Waals surface area (Å²) in [6.07, 6.45) is 3.37. The molecular weight excluding hydrogens is 377 g/mol. The van der Waals surface area contributed by atoms with Crippen LogP contribution in [0.5, 0.6) is 5.75 Å². The van der Waals surface area contributed by atoms with E-state index in [4.69, 9.17) is 15.7 Å². The van der Waals surface area contributed by atoms with Gasteiger partial charge in [0, 0.05) is 24.0 Å². The van der Waals surface area contributed by atoms with Crippen molar-refractivity contribution in [3.63, 3.8) is 0 Å². The molecule has 1 aliphatic rings. The predicted molar refractivity (Wildman–Crippen MR) is 97.3 cm³/mol. The minimum atomic E-state index is -3.17. The zero-order valence-corrected chi connectivity index (χ0v) is 15.7. The van der Waals surface area contributed by atoms with E-state index in [9.17, 15) is 17.7 Å². The molecule has 0 fully saturated rings. The maximum atomic E-state index is 14.1. The fourth-order valence-electron chi connectivity index (χ4n) is 2.83. The average Bonchev–Trinajstić information content (AvgIpc) is 2.82. The Labute approximate surface area is 159 Å². The molecule has 1 aromatic rings. The molecule has 1 aliphatic carbocycles. The molecule has 0 amide bonds. The van der Waals surface area contributed by atoms with E-state index in [0.29, 0.717) is 0 Å². The van der Waals surface area contributed by atoms with Crippen LogP contribution in [0, 0.1) is 11.3 Å². The standard InChI is InChI=1S/C19H19F3N2O2S/c1-11(20)4-5-13(10-23)8-12(2)26-15-6-7-16(27(3)25)17-14(15)9-19(21,22)18(17)24/h5-8,18H,1,4,9,24H2,2-3H3/b12-8+,13-5+/t18-,27?/m0/s1. The molecule has 0 radical (unpaired) electrons. The molecule has 27 heavy (non-hydrogen) atoms. The Bertz CT molecular complexity index is 857. The summed E-state index contributed by atoms with van der Waals surface area (Å²) < 4.78 is 58.5. The van der Waals surface area contributed by atoms with Crippen molar-refractivity contribution in [2.75, 3.05) is 6.26 Å². The molecule has 2 atom stereocenters. The quantitative estimate of drug-likeness (QED) is 0.338. The lowest BCUT2D eigenvalue weighted by Gasteiger charge is -2.17. The number of benzene rings is 1. The van der Waals surface area contributed by atoms with Crippen LogP contribution in [0.3, 0.4) is 0 Å². The largest absolute Gasteiger partial charge is 0.612 e. The maximum Gasteiger partial charge on any atom is 0.271 e. The van der Waals surface area contributed by atoms with Gasteiger partial charge in [-0.05, 0) is 36.3 Å². The SMILES string of the molecule is C=C(F)C/C=C(C#N)\C=C(/C)Oc1ccc([S+](C)[O-])c2c1CC(F)(F)[C@H]2N. The summed E-state index contributed by atoms with van der Waals surface area (Å²) in [5, 5.41) is 9.09. The Hall–Kier alpha value is -2.21. The zero-order chi connectivity index (χ0) is 20.4. The van der Waals surface area contributed by atoms with E-state index in [0.717, 1.165) is 0 Å². The second-order valence-corrected chi connectivity index (χ2v) is 7.52. The highest BCUT2D eigenvalue weighted by Crippen LogP contribution is 2.48. The summed E-state index contributed by atoms with van der Waals surface area (Å²) >= 11 is -1.48. The van der Waals surface area contributed by atoms with E-state index in [1.54, 1.807) is 6.92 Å². The smallest absolute Gasteiger partial charge is 0.271 e. The molecule has 1 aromatic carbocycles. The van der Waals surface area contributed by atoms with Crippen LogP contribution in [0.15, 0.2) is 52.9 Å². The predicted octanol–water partition coefficient (Wildman–Crippen LogP) is 4.22. The minimum absolute atomic E-state index is 0.111. The van der Waals surface area contributed by atoms with E-state index >= 15 is 0 Å². The maximum absolute atomic E-state index is 14.1. The van der Waals surface area contributed by atoms with Crippen LogP contribution in [-0.4, -0.2) is 16.7 Å². The molecule has 4 nitrogen and oxygen atoms in total. The number of hydrogen-bond donors (Lipinski definition) is 1. The van der Waals surface area contributed by atoms with Gasteiger partial charge in [0.15, 0.2) is 4.90 Å². The van der Waals surface area contributed by atoms with Gasteiger partial charge in [0.05, 0.1) is 23.5 Å². The highest BCUT2D eigenvalue weighted by molar-refractivity contribution is 7.90. The first-order chi connectivity index (χ1) is 12.6. The van der Waals surface area contributed by atoms with E-state index in [2.05, 4.69) is 6.58 Å². The number of allylic oxidation sites excluding steroid dienone is 5. The van der Waals surface area contributed by atoms with Gasteiger partial charge in [0.1, 0.15) is 17.8 Å². The number of rotatable bonds is 6. The molecule has 1 unspecified atom stereocenters. The lowest BCUT2D eigenvalue weighted by Crippen LogP contribution is -2.29. The Morgan fingerprint density at radius 3 is 2.78 bits per heavy atom. The van der Waals surface area contributed by atoms with E-state index in [-0.39, 0.29) is 39.5 Å². The highest BCUT2D eigenvalue weighted by atomic mass is 32.2. The second-order valence-electron chi connectivity index (χ2n) is 6.17. The average molecular weight is 396 g/mol. The Morgan fingerprint density at radius 1 is 1.56 bits per heavy atom. The molecule has 0 aliphatic heterocycles. The first-order valence-corrected chi connectivity index (χ1v) is 9.55. The number of ether oxygens (including phenoxy) is 1. The van der Waals surface area contributed by atoms with Crippen molar-refractivity contribution >= 4 is 11.2 Å². The summed E-state index contributed by atoms with van der Waals surface area (Å²) in [6, 6.07) is 3.23. The normalized spacial score (nSPS) is 20.0. The molecule has 0 spiro atoms. The summed E-state index contributed by atoms with van der Waals surface area (Å²) in [7, 11) is 0. The number of nitrogens with two attached hydrogens (primary N) is 1. The topological polar surface area (TPSA) is 82.1 Å². The highest BCUT2D eigenvalue weighted by Gasteiger charge is 2.49. The molecule has 0 saturated heterocycles. The molecule has 0 saturated carbocycles. The van der Waals surface area contributed by atoms with Crippen LogP contribution in [0.2, 0.25) is 0 Å². The first-order valence-electron chi connectivity index (χ1n) is 7.99. The molecule has 2 N–H and O–H groups in total. The lowest BCUT2D eigenvalue weighted by molar-refractivity contribution is -0.0141. The van der Waals surface area contributed by atoms with E-state index in [1.807, 2.05) is 6.07 Å². The minimum Gasteiger partial charge on any atom is -0.612 e. The zero-order valence-electron chi connectivity index (χ0n) is 14.9. The summed E-state index contributed by atoms with van der Waals surface area (Å²) in [5.74, 6) is -3.35. The fourth-order valence-corrected chi connectivity index (χ4v) is 3.65. The van der Waals surface area contributed by atoms with E-state index in [1.165, 1.54) is 30.5 Å². The number of halogens is 3. The van der Waals surface area contributed by atoms with Crippen molar-refractivity contribution in [2.24, 2.45) is 5.73 Å². The van der Waals surface area contributed by atoms with Gasteiger partial charge in [-0.25, -0.2) is 13.2 Å². The second kappa shape index (κ2) is 8.21. The van der Waals surface area contributed by atoms with Crippen molar-refractivity contribution in [1.82, 2.24) is 0 Å². The number of alkyl halides is 2. The van der Waals surface area contributed by atoms with Crippen molar-refractivity contribution in [3.8, 4) is 11.8 Å². The van der Waals surface area contributed by atoms with Gasteiger partial charge in [0.2, 0.25) is 0 Å². The molecular formula is C19H19F3N2O2S. The number of hydrogen-bond acceptors (Lipinski definition) is 4. The lowest BCUT2D eigenvalue weighted by atomic mass is 10.1. The van der Waals surface area contributed by atoms with Gasteiger partial charge in [-0.2, -0.15) is 5.26 Å². The molecule has 0 heterocycles. The molecule has 144 valence electrons. The summed E-state index contributed by atoms with van der Waals surface area (Å²) in [5.41, 5.74) is 6.17.